The first-order valence-electron chi connectivity index (χ1n) is 7.13. The van der Waals surface area contributed by atoms with Gasteiger partial charge in [0.2, 0.25) is 0 Å². The van der Waals surface area contributed by atoms with Crippen molar-refractivity contribution in [2.24, 2.45) is 5.92 Å². The average Bonchev–Trinajstić information content (AvgIpc) is 2.78. The van der Waals surface area contributed by atoms with Crippen LogP contribution in [0.5, 0.6) is 0 Å². The fraction of sp³-hybridized carbons (Fsp3) is 0.438. The van der Waals surface area contributed by atoms with Gasteiger partial charge >= 0.3 is 0 Å². The van der Waals surface area contributed by atoms with E-state index in [1.807, 2.05) is 6.20 Å². The third kappa shape index (κ3) is 1.80. The second-order valence-corrected chi connectivity index (χ2v) is 5.91. The zero-order valence-electron chi connectivity index (χ0n) is 10.8. The van der Waals surface area contributed by atoms with E-state index in [-0.39, 0.29) is 6.10 Å². The van der Waals surface area contributed by atoms with Crippen molar-refractivity contribution >= 4 is 17.0 Å². The third-order valence-electron chi connectivity index (χ3n) is 4.73. The van der Waals surface area contributed by atoms with E-state index in [1.165, 1.54) is 16.5 Å². The first kappa shape index (κ1) is 11.2. The lowest BCUT2D eigenvalue weighted by Gasteiger charge is -2.34. The molecule has 0 amide bonds. The number of allylic oxidation sites excluding steroid dienone is 1. The monoisotopic (exact) mass is 254 g/mol. The van der Waals surface area contributed by atoms with Gasteiger partial charge in [-0.25, -0.2) is 0 Å². The van der Waals surface area contributed by atoms with Crippen LogP contribution in [0.1, 0.15) is 42.7 Å². The van der Waals surface area contributed by atoms with Crippen LogP contribution in [0, 0.1) is 5.92 Å². The van der Waals surface area contributed by atoms with Gasteiger partial charge in [0.05, 0.1) is 17.8 Å². The van der Waals surface area contributed by atoms with E-state index < -0.39 is 0 Å². The van der Waals surface area contributed by atoms with E-state index in [0.29, 0.717) is 11.8 Å². The smallest absolute Gasteiger partial charge is 0.0656 e. The summed E-state index contributed by atoms with van der Waals surface area (Å²) in [7, 11) is 0. The van der Waals surface area contributed by atoms with E-state index in [4.69, 9.17) is 0 Å². The molecule has 4 rings (SSSR count). The highest BCUT2D eigenvalue weighted by Crippen LogP contribution is 2.44. The second-order valence-electron chi connectivity index (χ2n) is 5.91. The molecule has 0 spiro atoms. The minimum Gasteiger partial charge on any atom is -0.393 e. The van der Waals surface area contributed by atoms with Crippen molar-refractivity contribution in [3.05, 3.63) is 35.5 Å². The number of H-pyrrole nitrogens is 1. The molecule has 1 aromatic carbocycles. The van der Waals surface area contributed by atoms with E-state index in [2.05, 4.69) is 34.5 Å². The molecule has 98 valence electrons. The van der Waals surface area contributed by atoms with E-state index in [9.17, 15) is 5.11 Å². The van der Waals surface area contributed by atoms with Crippen LogP contribution in [0.4, 0.5) is 0 Å². The highest BCUT2D eigenvalue weighted by Gasteiger charge is 2.32. The first-order valence-corrected chi connectivity index (χ1v) is 7.13. The Hall–Kier alpha value is -1.61. The Kier molecular flexibility index (Phi) is 2.49. The minimum atomic E-state index is -0.103. The van der Waals surface area contributed by atoms with Crippen molar-refractivity contribution in [3.8, 4) is 0 Å². The molecule has 2 N–H and O–H groups in total. The van der Waals surface area contributed by atoms with Gasteiger partial charge in [-0.15, -0.1) is 0 Å². The number of aromatic amines is 1. The van der Waals surface area contributed by atoms with Gasteiger partial charge < -0.3 is 5.11 Å². The average molecular weight is 254 g/mol. The zero-order valence-corrected chi connectivity index (χ0v) is 10.8. The molecule has 2 aliphatic rings. The molecule has 1 aromatic heterocycles. The van der Waals surface area contributed by atoms with E-state index in [1.54, 1.807) is 0 Å². The van der Waals surface area contributed by atoms with Crippen LogP contribution in [0.3, 0.4) is 0 Å². The van der Waals surface area contributed by atoms with Crippen LogP contribution in [0.25, 0.3) is 17.0 Å². The van der Waals surface area contributed by atoms with Crippen LogP contribution in [0.2, 0.25) is 0 Å². The Labute approximate surface area is 112 Å². The molecule has 19 heavy (non-hydrogen) atoms. The number of hydrogen-bond acceptors (Lipinski definition) is 2. The van der Waals surface area contributed by atoms with Gasteiger partial charge in [-0.1, -0.05) is 12.2 Å². The zero-order chi connectivity index (χ0) is 12.8. The standard InChI is InChI=1S/C16H18N2O/c19-13-4-5-14-10(6-13)2-1-3-11-8-16-12(7-15(11)14)9-17-18-16/h1,3,7-10,13-14,19H,2,4-6H2,(H,17,18). The molecule has 2 aliphatic carbocycles. The van der Waals surface area contributed by atoms with Crippen molar-refractivity contribution < 1.29 is 5.11 Å². The van der Waals surface area contributed by atoms with Crippen LogP contribution < -0.4 is 0 Å². The summed E-state index contributed by atoms with van der Waals surface area (Å²) in [6, 6.07) is 4.50. The lowest BCUT2D eigenvalue weighted by atomic mass is 9.73. The maximum absolute atomic E-state index is 9.89. The molecule has 2 aromatic rings. The van der Waals surface area contributed by atoms with Crippen LogP contribution in [-0.2, 0) is 0 Å². The highest BCUT2D eigenvalue weighted by atomic mass is 16.3. The molecular weight excluding hydrogens is 236 g/mol. The SMILES string of the molecule is OC1CCC2c3cc4cn[nH]c4cc3C=CCC2C1. The molecule has 3 heteroatoms. The number of hydrogen-bond donors (Lipinski definition) is 2. The molecule has 0 bridgehead atoms. The van der Waals surface area contributed by atoms with Gasteiger partial charge in [-0.3, -0.25) is 5.10 Å². The Morgan fingerprint density at radius 3 is 3.16 bits per heavy atom. The largest absolute Gasteiger partial charge is 0.393 e. The minimum absolute atomic E-state index is 0.103. The van der Waals surface area contributed by atoms with Crippen LogP contribution in [-0.4, -0.2) is 21.4 Å². The summed E-state index contributed by atoms with van der Waals surface area (Å²) in [5, 5.41) is 18.2. The highest BCUT2D eigenvalue weighted by molar-refractivity contribution is 5.82. The lowest BCUT2D eigenvalue weighted by molar-refractivity contribution is 0.0903. The molecule has 0 aliphatic heterocycles. The Morgan fingerprint density at radius 1 is 1.26 bits per heavy atom. The van der Waals surface area contributed by atoms with Crippen molar-refractivity contribution in [3.63, 3.8) is 0 Å². The number of aromatic nitrogens is 2. The third-order valence-corrected chi connectivity index (χ3v) is 4.73. The number of nitrogens with zero attached hydrogens (tertiary/aromatic N) is 1. The Morgan fingerprint density at radius 2 is 2.21 bits per heavy atom. The fourth-order valence-electron chi connectivity index (χ4n) is 3.77. The summed E-state index contributed by atoms with van der Waals surface area (Å²) < 4.78 is 0. The van der Waals surface area contributed by atoms with Crippen molar-refractivity contribution in [1.82, 2.24) is 10.2 Å². The molecule has 3 atom stereocenters. The van der Waals surface area contributed by atoms with Gasteiger partial charge in [0, 0.05) is 5.39 Å². The van der Waals surface area contributed by atoms with Gasteiger partial charge in [0.25, 0.3) is 0 Å². The molecule has 1 fully saturated rings. The summed E-state index contributed by atoms with van der Waals surface area (Å²) in [4.78, 5) is 0. The Balaban J connectivity index is 1.85. The molecular formula is C16H18N2O. The molecule has 0 radical (unpaired) electrons. The number of aliphatic hydroxyl groups excluding tert-OH is 1. The topological polar surface area (TPSA) is 48.9 Å². The second kappa shape index (κ2) is 4.20. The molecule has 1 heterocycles. The van der Waals surface area contributed by atoms with Gasteiger partial charge in [0.1, 0.15) is 0 Å². The maximum Gasteiger partial charge on any atom is 0.0656 e. The van der Waals surface area contributed by atoms with Crippen molar-refractivity contribution in [2.75, 3.05) is 0 Å². The van der Waals surface area contributed by atoms with Crippen molar-refractivity contribution in [1.29, 1.82) is 0 Å². The normalized spacial score (nSPS) is 29.8. The van der Waals surface area contributed by atoms with E-state index in [0.717, 1.165) is 31.2 Å². The van der Waals surface area contributed by atoms with Gasteiger partial charge in [-0.05, 0) is 60.8 Å². The predicted molar refractivity (Wildman–Crippen MR) is 75.8 cm³/mol. The number of fused-ring (bicyclic) bond motifs is 4. The van der Waals surface area contributed by atoms with Crippen molar-refractivity contribution in [2.45, 2.75) is 37.7 Å². The summed E-state index contributed by atoms with van der Waals surface area (Å²) in [5.74, 6) is 1.18. The fourth-order valence-corrected chi connectivity index (χ4v) is 3.77. The summed E-state index contributed by atoms with van der Waals surface area (Å²) in [6.45, 7) is 0. The quantitative estimate of drug-likeness (QED) is 0.758. The lowest BCUT2D eigenvalue weighted by Crippen LogP contribution is -2.26. The van der Waals surface area contributed by atoms with Gasteiger partial charge in [0.15, 0.2) is 0 Å². The van der Waals surface area contributed by atoms with E-state index >= 15 is 0 Å². The first-order chi connectivity index (χ1) is 9.31. The maximum atomic E-state index is 9.89. The summed E-state index contributed by atoms with van der Waals surface area (Å²) >= 11 is 0. The van der Waals surface area contributed by atoms with Gasteiger partial charge in [-0.2, -0.15) is 5.10 Å². The summed E-state index contributed by atoms with van der Waals surface area (Å²) in [5.41, 5.74) is 3.87. The summed E-state index contributed by atoms with van der Waals surface area (Å²) in [6.07, 6.45) is 10.4. The number of nitrogens with one attached hydrogen (secondary N) is 1. The van der Waals surface area contributed by atoms with Crippen LogP contribution in [0.15, 0.2) is 24.4 Å². The molecule has 1 saturated carbocycles. The molecule has 3 nitrogen and oxygen atoms in total. The number of rotatable bonds is 0. The number of benzene rings is 1. The Bertz CT molecular complexity index is 643. The van der Waals surface area contributed by atoms with Crippen LogP contribution >= 0.6 is 0 Å². The molecule has 3 unspecified atom stereocenters. The predicted octanol–water partition coefficient (Wildman–Crippen LogP) is 3.22. The number of aliphatic hydroxyl groups is 1. The molecule has 0 saturated heterocycles.